The van der Waals surface area contributed by atoms with Crippen LogP contribution in [-0.2, 0) is 11.3 Å². The molecular weight excluding hydrogens is 420 g/mol. The molecule has 8 heteroatoms. The first-order valence-electron chi connectivity index (χ1n) is 11.5. The van der Waals surface area contributed by atoms with Crippen LogP contribution in [0.4, 0.5) is 16.2 Å². The monoisotopic (exact) mass is 450 g/mol. The number of hydrogen-bond donors (Lipinski definition) is 2. The van der Waals surface area contributed by atoms with Gasteiger partial charge in [0.2, 0.25) is 5.91 Å². The summed E-state index contributed by atoms with van der Waals surface area (Å²) in [5.41, 5.74) is 2.72. The molecule has 2 saturated heterocycles. The number of carbonyl (C=O) groups excluding carboxylic acids is 3. The second kappa shape index (κ2) is 10.4. The van der Waals surface area contributed by atoms with Gasteiger partial charge in [-0.1, -0.05) is 12.1 Å². The highest BCUT2D eigenvalue weighted by Crippen LogP contribution is 2.33. The molecule has 0 bridgehead atoms. The van der Waals surface area contributed by atoms with Gasteiger partial charge in [-0.05, 0) is 61.6 Å². The lowest BCUT2D eigenvalue weighted by atomic mass is 10.1. The first-order chi connectivity index (χ1) is 16.0. The minimum atomic E-state index is -0.368. The van der Waals surface area contributed by atoms with Gasteiger partial charge in [0.15, 0.2) is 0 Å². The Labute approximate surface area is 193 Å². The summed E-state index contributed by atoms with van der Waals surface area (Å²) in [6, 6.07) is 12.2. The number of carbonyl (C=O) groups is 3. The van der Waals surface area contributed by atoms with Crippen LogP contribution in [0, 0.1) is 0 Å². The van der Waals surface area contributed by atoms with Crippen molar-refractivity contribution in [1.82, 2.24) is 10.2 Å². The van der Waals surface area contributed by atoms with Gasteiger partial charge in [-0.2, -0.15) is 0 Å². The standard InChI is InChI=1S/C25H30N4O4/c1-33-22-11-10-20(16-21(22)29-14-3-2-9-23(29)30)27-25(32)26-17-18-7-6-8-19(15-18)24(31)28-12-4-5-13-28/h6-8,10-11,15-16H,2-5,9,12-14,17H2,1H3,(H2,26,27,32). The van der Waals surface area contributed by atoms with Gasteiger partial charge in [-0.15, -0.1) is 0 Å². The van der Waals surface area contributed by atoms with E-state index in [9.17, 15) is 14.4 Å². The fourth-order valence-corrected chi connectivity index (χ4v) is 4.31. The van der Waals surface area contributed by atoms with Crippen molar-refractivity contribution in [1.29, 1.82) is 0 Å². The minimum Gasteiger partial charge on any atom is -0.495 e. The van der Waals surface area contributed by atoms with E-state index in [-0.39, 0.29) is 17.8 Å². The van der Waals surface area contributed by atoms with Gasteiger partial charge in [0.25, 0.3) is 5.91 Å². The van der Waals surface area contributed by atoms with Gasteiger partial charge in [-0.25, -0.2) is 4.79 Å². The van der Waals surface area contributed by atoms with Gasteiger partial charge in [0.05, 0.1) is 12.8 Å². The third-order valence-electron chi connectivity index (χ3n) is 6.07. The summed E-state index contributed by atoms with van der Waals surface area (Å²) in [7, 11) is 1.57. The lowest BCUT2D eigenvalue weighted by Crippen LogP contribution is -2.35. The van der Waals surface area contributed by atoms with Crippen molar-refractivity contribution in [3.05, 3.63) is 53.6 Å². The number of amides is 4. The van der Waals surface area contributed by atoms with Crippen LogP contribution < -0.4 is 20.3 Å². The molecular formula is C25H30N4O4. The van der Waals surface area contributed by atoms with Crippen molar-refractivity contribution in [2.24, 2.45) is 0 Å². The van der Waals surface area contributed by atoms with E-state index in [1.54, 1.807) is 30.2 Å². The van der Waals surface area contributed by atoms with E-state index in [4.69, 9.17) is 4.74 Å². The molecule has 4 rings (SSSR count). The molecule has 174 valence electrons. The summed E-state index contributed by atoms with van der Waals surface area (Å²) in [4.78, 5) is 41.1. The molecule has 0 aromatic heterocycles. The highest BCUT2D eigenvalue weighted by molar-refractivity contribution is 5.97. The molecule has 0 spiro atoms. The Hall–Kier alpha value is -3.55. The quantitative estimate of drug-likeness (QED) is 0.701. The Morgan fingerprint density at radius 1 is 1.00 bits per heavy atom. The van der Waals surface area contributed by atoms with Crippen LogP contribution in [0.25, 0.3) is 0 Å². The third-order valence-corrected chi connectivity index (χ3v) is 6.07. The molecule has 0 aliphatic carbocycles. The van der Waals surface area contributed by atoms with E-state index in [2.05, 4.69) is 10.6 Å². The molecule has 4 amide bonds. The molecule has 2 fully saturated rings. The number of ether oxygens (including phenoxy) is 1. The molecule has 2 N–H and O–H groups in total. The molecule has 2 aliphatic heterocycles. The topological polar surface area (TPSA) is 91.0 Å². The van der Waals surface area contributed by atoms with E-state index in [1.165, 1.54) is 0 Å². The zero-order valence-electron chi connectivity index (χ0n) is 18.9. The summed E-state index contributed by atoms with van der Waals surface area (Å²) in [5, 5.41) is 5.65. The predicted molar refractivity (Wildman–Crippen MR) is 127 cm³/mol. The summed E-state index contributed by atoms with van der Waals surface area (Å²) >= 11 is 0. The van der Waals surface area contributed by atoms with Gasteiger partial charge < -0.3 is 25.2 Å². The summed E-state index contributed by atoms with van der Waals surface area (Å²) < 4.78 is 5.43. The van der Waals surface area contributed by atoms with E-state index in [1.807, 2.05) is 29.2 Å². The first kappa shape index (κ1) is 22.6. The molecule has 2 aromatic carbocycles. The first-order valence-corrected chi connectivity index (χ1v) is 11.5. The molecule has 0 unspecified atom stereocenters. The zero-order valence-corrected chi connectivity index (χ0v) is 18.9. The van der Waals surface area contributed by atoms with Crippen LogP contribution in [0.1, 0.15) is 48.0 Å². The van der Waals surface area contributed by atoms with Crippen LogP contribution in [0.2, 0.25) is 0 Å². The number of likely N-dealkylation sites (tertiary alicyclic amines) is 1. The van der Waals surface area contributed by atoms with Crippen molar-refractivity contribution >= 4 is 29.2 Å². The fourth-order valence-electron chi connectivity index (χ4n) is 4.31. The number of rotatable bonds is 6. The van der Waals surface area contributed by atoms with Crippen LogP contribution in [0.5, 0.6) is 5.75 Å². The summed E-state index contributed by atoms with van der Waals surface area (Å²) in [5.74, 6) is 0.692. The normalized spacial score (nSPS) is 16.0. The number of methoxy groups -OCH3 is 1. The van der Waals surface area contributed by atoms with E-state index >= 15 is 0 Å². The Bertz CT molecular complexity index is 1030. The zero-order chi connectivity index (χ0) is 23.2. The summed E-state index contributed by atoms with van der Waals surface area (Å²) in [6.45, 7) is 2.53. The molecule has 8 nitrogen and oxygen atoms in total. The minimum absolute atomic E-state index is 0.0387. The number of benzene rings is 2. The molecule has 0 radical (unpaired) electrons. The van der Waals surface area contributed by atoms with Crippen molar-refractivity contribution < 1.29 is 19.1 Å². The average Bonchev–Trinajstić information content (AvgIpc) is 3.38. The van der Waals surface area contributed by atoms with E-state index in [0.29, 0.717) is 42.2 Å². The molecule has 2 aromatic rings. The Kier molecular flexibility index (Phi) is 7.12. The number of piperidine rings is 1. The Balaban J connectivity index is 1.38. The van der Waals surface area contributed by atoms with Gasteiger partial charge in [0, 0.05) is 43.9 Å². The SMILES string of the molecule is COc1ccc(NC(=O)NCc2cccc(C(=O)N3CCCC3)c2)cc1N1CCCCC1=O. The highest BCUT2D eigenvalue weighted by atomic mass is 16.5. The maximum Gasteiger partial charge on any atom is 0.319 e. The lowest BCUT2D eigenvalue weighted by molar-refractivity contribution is -0.119. The van der Waals surface area contributed by atoms with Crippen molar-refractivity contribution in [2.75, 3.05) is 37.0 Å². The second-order valence-corrected chi connectivity index (χ2v) is 8.40. The van der Waals surface area contributed by atoms with Crippen LogP contribution in [-0.4, -0.2) is 49.5 Å². The molecule has 0 atom stereocenters. The smallest absolute Gasteiger partial charge is 0.319 e. The fraction of sp³-hybridized carbons (Fsp3) is 0.400. The van der Waals surface area contributed by atoms with Gasteiger partial charge >= 0.3 is 6.03 Å². The highest BCUT2D eigenvalue weighted by Gasteiger charge is 2.23. The maximum atomic E-state index is 12.6. The number of nitrogens with one attached hydrogen (secondary N) is 2. The van der Waals surface area contributed by atoms with Crippen LogP contribution in [0.3, 0.4) is 0 Å². The third kappa shape index (κ3) is 5.45. The van der Waals surface area contributed by atoms with E-state index < -0.39 is 0 Å². The predicted octanol–water partition coefficient (Wildman–Crippen LogP) is 3.77. The molecule has 2 heterocycles. The van der Waals surface area contributed by atoms with Crippen molar-refractivity contribution in [2.45, 2.75) is 38.6 Å². The number of nitrogens with zero attached hydrogens (tertiary/aromatic N) is 2. The van der Waals surface area contributed by atoms with Gasteiger partial charge in [-0.3, -0.25) is 9.59 Å². The molecule has 0 saturated carbocycles. The number of urea groups is 1. The van der Waals surface area contributed by atoms with Crippen molar-refractivity contribution in [3.8, 4) is 5.75 Å². The molecule has 2 aliphatic rings. The Morgan fingerprint density at radius 3 is 2.55 bits per heavy atom. The summed E-state index contributed by atoms with van der Waals surface area (Å²) in [6.07, 6.45) is 4.44. The molecule has 33 heavy (non-hydrogen) atoms. The maximum absolute atomic E-state index is 12.6. The number of hydrogen-bond acceptors (Lipinski definition) is 4. The largest absolute Gasteiger partial charge is 0.495 e. The average molecular weight is 451 g/mol. The van der Waals surface area contributed by atoms with Crippen LogP contribution >= 0.6 is 0 Å². The lowest BCUT2D eigenvalue weighted by Gasteiger charge is -2.28. The van der Waals surface area contributed by atoms with Gasteiger partial charge in [0.1, 0.15) is 5.75 Å². The number of anilines is 2. The van der Waals surface area contributed by atoms with Crippen molar-refractivity contribution in [3.63, 3.8) is 0 Å². The second-order valence-electron chi connectivity index (χ2n) is 8.40. The van der Waals surface area contributed by atoms with E-state index in [0.717, 1.165) is 44.3 Å². The van der Waals surface area contributed by atoms with Crippen LogP contribution in [0.15, 0.2) is 42.5 Å². The Morgan fingerprint density at radius 2 is 1.79 bits per heavy atom.